The van der Waals surface area contributed by atoms with Gasteiger partial charge in [0.25, 0.3) is 0 Å². The van der Waals surface area contributed by atoms with Crippen molar-refractivity contribution in [1.82, 2.24) is 10.6 Å². The Morgan fingerprint density at radius 2 is 1.86 bits per heavy atom. The summed E-state index contributed by atoms with van der Waals surface area (Å²) >= 11 is 0. The highest BCUT2D eigenvalue weighted by Gasteiger charge is 2.09. The second-order valence-electron chi connectivity index (χ2n) is 6.65. The molecular weight excluding hydrogens is 467 g/mol. The lowest BCUT2D eigenvalue weighted by Crippen LogP contribution is -2.32. The van der Waals surface area contributed by atoms with Crippen molar-refractivity contribution < 1.29 is 9.53 Å². The van der Waals surface area contributed by atoms with Crippen molar-refractivity contribution in [3.8, 4) is 5.75 Å². The number of nitrogens with one attached hydrogen (secondary N) is 2. The zero-order chi connectivity index (χ0) is 19.9. The minimum absolute atomic E-state index is 0. The Morgan fingerprint density at radius 1 is 1.14 bits per heavy atom. The number of carbonyl (C=O) groups is 1. The number of guanidine groups is 1. The van der Waals surface area contributed by atoms with E-state index in [4.69, 9.17) is 10.5 Å². The van der Waals surface area contributed by atoms with Crippen molar-refractivity contribution in [1.29, 1.82) is 0 Å². The van der Waals surface area contributed by atoms with Crippen LogP contribution in [0.5, 0.6) is 5.75 Å². The first-order valence-electron chi connectivity index (χ1n) is 10.1. The smallest absolute Gasteiger partial charge is 0.220 e. The Bertz CT molecular complexity index is 564. The molecule has 0 saturated heterocycles. The van der Waals surface area contributed by atoms with E-state index < -0.39 is 0 Å². The number of rotatable bonds is 13. The predicted molar refractivity (Wildman–Crippen MR) is 127 cm³/mol. The van der Waals surface area contributed by atoms with Crippen LogP contribution in [0.15, 0.2) is 29.3 Å². The summed E-state index contributed by atoms with van der Waals surface area (Å²) in [6.07, 6.45) is 5.92. The third kappa shape index (κ3) is 12.0. The maximum atomic E-state index is 12.1. The maximum absolute atomic E-state index is 12.1. The van der Waals surface area contributed by atoms with E-state index >= 15 is 0 Å². The third-order valence-electron chi connectivity index (χ3n) is 4.25. The van der Waals surface area contributed by atoms with E-state index in [9.17, 15) is 4.79 Å². The van der Waals surface area contributed by atoms with Crippen LogP contribution in [0.3, 0.4) is 0 Å². The number of carbonyl (C=O) groups excluding carboxylic acids is 1. The summed E-state index contributed by atoms with van der Waals surface area (Å²) in [4.78, 5) is 16.3. The summed E-state index contributed by atoms with van der Waals surface area (Å²) in [7, 11) is 0. The molecule has 0 saturated carbocycles. The average Bonchev–Trinajstić information content (AvgIpc) is 2.66. The highest BCUT2D eigenvalue weighted by Crippen LogP contribution is 2.17. The summed E-state index contributed by atoms with van der Waals surface area (Å²) in [6.45, 7) is 8.18. The number of amides is 1. The second-order valence-corrected chi connectivity index (χ2v) is 6.65. The molecule has 0 aliphatic rings. The van der Waals surface area contributed by atoms with Gasteiger partial charge in [-0.1, -0.05) is 38.3 Å². The monoisotopic (exact) mass is 504 g/mol. The van der Waals surface area contributed by atoms with Crippen molar-refractivity contribution >= 4 is 35.8 Å². The van der Waals surface area contributed by atoms with E-state index in [-0.39, 0.29) is 35.9 Å². The molecule has 28 heavy (non-hydrogen) atoms. The topological polar surface area (TPSA) is 88.7 Å². The Morgan fingerprint density at radius 3 is 2.50 bits per heavy atom. The number of halogens is 1. The third-order valence-corrected chi connectivity index (χ3v) is 4.25. The SMILES string of the molecule is CCCCCCNC(N)=NCCCC(=O)NC(C)c1ccc(OCC)cc1.I. The number of nitrogens with zero attached hydrogens (tertiary/aromatic N) is 1. The molecule has 0 aromatic heterocycles. The molecule has 0 fully saturated rings. The van der Waals surface area contributed by atoms with Crippen molar-refractivity contribution in [3.63, 3.8) is 0 Å². The van der Waals surface area contributed by atoms with Crippen LogP contribution >= 0.6 is 24.0 Å². The lowest BCUT2D eigenvalue weighted by Gasteiger charge is -2.15. The molecule has 1 unspecified atom stereocenters. The van der Waals surface area contributed by atoms with E-state index in [0.717, 1.165) is 24.3 Å². The largest absolute Gasteiger partial charge is 0.494 e. The first kappa shape index (κ1) is 26.5. The summed E-state index contributed by atoms with van der Waals surface area (Å²) in [5.41, 5.74) is 6.88. The van der Waals surface area contributed by atoms with Gasteiger partial charge in [0.15, 0.2) is 5.96 Å². The summed E-state index contributed by atoms with van der Waals surface area (Å²) < 4.78 is 5.43. The van der Waals surface area contributed by atoms with Gasteiger partial charge >= 0.3 is 0 Å². The zero-order valence-electron chi connectivity index (χ0n) is 17.5. The lowest BCUT2D eigenvalue weighted by atomic mass is 10.1. The van der Waals surface area contributed by atoms with E-state index in [0.29, 0.717) is 32.0 Å². The van der Waals surface area contributed by atoms with Crippen LogP contribution in [-0.2, 0) is 4.79 Å². The van der Waals surface area contributed by atoms with Gasteiger partial charge in [0.1, 0.15) is 5.75 Å². The van der Waals surface area contributed by atoms with Crippen LogP contribution < -0.4 is 21.1 Å². The fourth-order valence-electron chi connectivity index (χ4n) is 2.68. The molecule has 0 bridgehead atoms. The Labute approximate surface area is 187 Å². The molecule has 1 amide bonds. The molecule has 0 spiro atoms. The number of aliphatic imine (C=N–C) groups is 1. The van der Waals surface area contributed by atoms with Gasteiger partial charge in [0.2, 0.25) is 5.91 Å². The molecule has 0 aliphatic carbocycles. The molecule has 1 rings (SSSR count). The second kappa shape index (κ2) is 16.4. The van der Waals surface area contributed by atoms with Gasteiger partial charge in [-0.15, -0.1) is 24.0 Å². The van der Waals surface area contributed by atoms with Crippen LogP contribution in [0.4, 0.5) is 0 Å². The van der Waals surface area contributed by atoms with Gasteiger partial charge in [-0.3, -0.25) is 9.79 Å². The molecule has 0 aliphatic heterocycles. The normalized spacial score (nSPS) is 12.0. The van der Waals surface area contributed by atoms with E-state index in [2.05, 4.69) is 22.5 Å². The fraction of sp³-hybridized carbons (Fsp3) is 0.619. The first-order valence-corrected chi connectivity index (χ1v) is 10.1. The number of hydrogen-bond acceptors (Lipinski definition) is 3. The molecule has 1 aromatic carbocycles. The van der Waals surface area contributed by atoms with Crippen molar-refractivity contribution in [2.45, 2.75) is 65.3 Å². The van der Waals surface area contributed by atoms with Gasteiger partial charge < -0.3 is 21.1 Å². The van der Waals surface area contributed by atoms with Crippen molar-refractivity contribution in [2.24, 2.45) is 10.7 Å². The van der Waals surface area contributed by atoms with E-state index in [1.807, 2.05) is 38.1 Å². The van der Waals surface area contributed by atoms with E-state index in [1.54, 1.807) is 0 Å². The molecule has 1 atom stereocenters. The maximum Gasteiger partial charge on any atom is 0.220 e. The van der Waals surface area contributed by atoms with E-state index in [1.165, 1.54) is 19.3 Å². The average molecular weight is 504 g/mol. The molecule has 6 nitrogen and oxygen atoms in total. The number of unbranched alkanes of at least 4 members (excludes halogenated alkanes) is 3. The number of benzene rings is 1. The lowest BCUT2D eigenvalue weighted by molar-refractivity contribution is -0.121. The van der Waals surface area contributed by atoms with Crippen LogP contribution in [0.2, 0.25) is 0 Å². The van der Waals surface area contributed by atoms with Gasteiger partial charge in [-0.05, 0) is 44.4 Å². The minimum atomic E-state index is -0.0356. The van der Waals surface area contributed by atoms with Crippen molar-refractivity contribution in [3.05, 3.63) is 29.8 Å². The Hall–Kier alpha value is -1.51. The van der Waals surface area contributed by atoms with Crippen LogP contribution in [0, 0.1) is 0 Å². The van der Waals surface area contributed by atoms with Crippen LogP contribution in [0.1, 0.15) is 70.9 Å². The first-order chi connectivity index (χ1) is 13.1. The van der Waals surface area contributed by atoms with Crippen LogP contribution in [0.25, 0.3) is 0 Å². The quantitative estimate of drug-likeness (QED) is 0.163. The molecule has 4 N–H and O–H groups in total. The van der Waals surface area contributed by atoms with Gasteiger partial charge in [0.05, 0.1) is 12.6 Å². The molecule has 160 valence electrons. The fourth-order valence-corrected chi connectivity index (χ4v) is 2.68. The highest BCUT2D eigenvalue weighted by atomic mass is 127. The summed E-state index contributed by atoms with van der Waals surface area (Å²) in [6, 6.07) is 7.77. The molecule has 1 aromatic rings. The Balaban J connectivity index is 0.00000729. The number of nitrogens with two attached hydrogens (primary N) is 1. The minimum Gasteiger partial charge on any atom is -0.494 e. The van der Waals surface area contributed by atoms with Crippen LogP contribution in [-0.4, -0.2) is 31.6 Å². The van der Waals surface area contributed by atoms with Gasteiger partial charge in [-0.2, -0.15) is 0 Å². The van der Waals surface area contributed by atoms with Crippen molar-refractivity contribution in [2.75, 3.05) is 19.7 Å². The number of hydrogen-bond donors (Lipinski definition) is 3. The molecular formula is C21H37IN4O2. The zero-order valence-corrected chi connectivity index (χ0v) is 19.8. The molecule has 7 heteroatoms. The predicted octanol–water partition coefficient (Wildman–Crippen LogP) is 4.15. The Kier molecular flexibility index (Phi) is 15.6. The highest BCUT2D eigenvalue weighted by molar-refractivity contribution is 14.0. The summed E-state index contributed by atoms with van der Waals surface area (Å²) in [5.74, 6) is 1.33. The van der Waals surface area contributed by atoms with Gasteiger partial charge in [0, 0.05) is 19.5 Å². The number of ether oxygens (including phenoxy) is 1. The van der Waals surface area contributed by atoms with Gasteiger partial charge in [-0.25, -0.2) is 0 Å². The summed E-state index contributed by atoms with van der Waals surface area (Å²) in [5, 5.41) is 6.13. The molecule has 0 radical (unpaired) electrons. The molecule has 0 heterocycles. The standard InChI is InChI=1S/C21H36N4O2.HI/c1-4-6-7-8-15-23-21(22)24-16-9-10-20(26)25-17(3)18-11-13-19(14-12-18)27-5-2;/h11-14,17H,4-10,15-16H2,1-3H3,(H,25,26)(H3,22,23,24);1H.